The largest absolute Gasteiger partial charge is 0.355 e. The van der Waals surface area contributed by atoms with E-state index >= 15 is 0 Å². The lowest BCUT2D eigenvalue weighted by atomic mass is 10.1. The predicted molar refractivity (Wildman–Crippen MR) is 101 cm³/mol. The van der Waals surface area contributed by atoms with Crippen LogP contribution in [0, 0.1) is 6.92 Å². The Morgan fingerprint density at radius 3 is 2.27 bits per heavy atom. The quantitative estimate of drug-likeness (QED) is 0.666. The van der Waals surface area contributed by atoms with Crippen LogP contribution in [0.4, 0.5) is 5.69 Å². The van der Waals surface area contributed by atoms with Crippen molar-refractivity contribution < 1.29 is 14.4 Å². The zero-order valence-electron chi connectivity index (χ0n) is 15.0. The Morgan fingerprint density at radius 1 is 0.923 bits per heavy atom. The second kappa shape index (κ2) is 9.36. The Balaban J connectivity index is 1.83. The first kappa shape index (κ1) is 19.2. The molecule has 0 saturated carbocycles. The SMILES string of the molecule is CC(=O)NCCNC(=O)c1ccc(NC(=O)Cc2cccc(C)c2)cc1. The Morgan fingerprint density at radius 2 is 1.62 bits per heavy atom. The smallest absolute Gasteiger partial charge is 0.251 e. The van der Waals surface area contributed by atoms with Crippen molar-refractivity contribution in [3.05, 3.63) is 65.2 Å². The topological polar surface area (TPSA) is 87.3 Å². The van der Waals surface area contributed by atoms with Crippen LogP contribution in [0.3, 0.4) is 0 Å². The Kier molecular flexibility index (Phi) is 6.91. The molecule has 0 aromatic heterocycles. The lowest BCUT2D eigenvalue weighted by Crippen LogP contribution is -2.33. The summed E-state index contributed by atoms with van der Waals surface area (Å²) < 4.78 is 0. The van der Waals surface area contributed by atoms with Crippen molar-refractivity contribution in [3.8, 4) is 0 Å². The minimum Gasteiger partial charge on any atom is -0.355 e. The fourth-order valence-corrected chi connectivity index (χ4v) is 2.43. The fraction of sp³-hybridized carbons (Fsp3) is 0.250. The van der Waals surface area contributed by atoms with Gasteiger partial charge in [-0.25, -0.2) is 0 Å². The highest BCUT2D eigenvalue weighted by Crippen LogP contribution is 2.11. The number of carbonyl (C=O) groups is 3. The summed E-state index contributed by atoms with van der Waals surface area (Å²) in [6.07, 6.45) is 0.299. The molecule has 2 aromatic rings. The van der Waals surface area contributed by atoms with E-state index in [9.17, 15) is 14.4 Å². The number of rotatable bonds is 7. The second-order valence-electron chi connectivity index (χ2n) is 6.03. The van der Waals surface area contributed by atoms with Gasteiger partial charge in [0.1, 0.15) is 0 Å². The minimum atomic E-state index is -0.229. The minimum absolute atomic E-state index is 0.108. The maximum absolute atomic E-state index is 12.1. The number of aryl methyl sites for hydroxylation is 1. The van der Waals surface area contributed by atoms with E-state index in [1.165, 1.54) is 6.92 Å². The molecule has 0 radical (unpaired) electrons. The number of nitrogens with one attached hydrogen (secondary N) is 3. The summed E-state index contributed by atoms with van der Waals surface area (Å²) in [5, 5.41) is 8.14. The molecule has 0 bridgehead atoms. The molecule has 26 heavy (non-hydrogen) atoms. The molecule has 0 aliphatic heterocycles. The van der Waals surface area contributed by atoms with E-state index in [-0.39, 0.29) is 17.7 Å². The first-order valence-corrected chi connectivity index (χ1v) is 8.42. The highest BCUT2D eigenvalue weighted by atomic mass is 16.2. The summed E-state index contributed by atoms with van der Waals surface area (Å²) in [6, 6.07) is 14.5. The maximum Gasteiger partial charge on any atom is 0.251 e. The van der Waals surface area contributed by atoms with Crippen molar-refractivity contribution in [2.24, 2.45) is 0 Å². The standard InChI is InChI=1S/C20H23N3O3/c1-14-4-3-5-16(12-14)13-19(25)23-18-8-6-17(7-9-18)20(26)22-11-10-21-15(2)24/h3-9,12H,10-11,13H2,1-2H3,(H,21,24)(H,22,26)(H,23,25). The van der Waals surface area contributed by atoms with E-state index < -0.39 is 0 Å². The van der Waals surface area contributed by atoms with Crippen LogP contribution < -0.4 is 16.0 Å². The molecule has 0 spiro atoms. The molecule has 0 saturated heterocycles. The highest BCUT2D eigenvalue weighted by Gasteiger charge is 2.07. The molecular formula is C20H23N3O3. The van der Waals surface area contributed by atoms with Gasteiger partial charge in [0.25, 0.3) is 5.91 Å². The number of amides is 3. The molecule has 3 N–H and O–H groups in total. The van der Waals surface area contributed by atoms with Crippen molar-refractivity contribution >= 4 is 23.4 Å². The zero-order chi connectivity index (χ0) is 18.9. The Bertz CT molecular complexity index is 785. The van der Waals surface area contributed by atoms with Crippen LogP contribution >= 0.6 is 0 Å². The molecule has 0 fully saturated rings. The van der Waals surface area contributed by atoms with Crippen LogP contribution in [0.25, 0.3) is 0 Å². The number of hydrogen-bond donors (Lipinski definition) is 3. The molecule has 3 amide bonds. The molecule has 0 atom stereocenters. The van der Waals surface area contributed by atoms with Crippen molar-refractivity contribution in [1.82, 2.24) is 10.6 Å². The van der Waals surface area contributed by atoms with Crippen molar-refractivity contribution in [1.29, 1.82) is 0 Å². The van der Waals surface area contributed by atoms with Gasteiger partial charge < -0.3 is 16.0 Å². The Labute approximate surface area is 153 Å². The molecule has 136 valence electrons. The molecule has 6 heteroatoms. The first-order valence-electron chi connectivity index (χ1n) is 8.42. The average Bonchev–Trinajstić information content (AvgIpc) is 2.59. The summed E-state index contributed by atoms with van der Waals surface area (Å²) in [7, 11) is 0. The third-order valence-corrected chi connectivity index (χ3v) is 3.66. The lowest BCUT2D eigenvalue weighted by molar-refractivity contribution is -0.119. The van der Waals surface area contributed by atoms with Crippen molar-refractivity contribution in [3.63, 3.8) is 0 Å². The summed E-state index contributed by atoms with van der Waals surface area (Å²) >= 11 is 0. The van der Waals surface area contributed by atoms with E-state index in [1.54, 1.807) is 24.3 Å². The van der Waals surface area contributed by atoms with Gasteiger partial charge in [0.15, 0.2) is 0 Å². The summed E-state index contributed by atoms with van der Waals surface area (Å²) in [5.41, 5.74) is 3.20. The van der Waals surface area contributed by atoms with Gasteiger partial charge in [0, 0.05) is 31.3 Å². The summed E-state index contributed by atoms with van der Waals surface area (Å²) in [4.78, 5) is 34.9. The van der Waals surface area contributed by atoms with Gasteiger partial charge in [-0.05, 0) is 36.8 Å². The van der Waals surface area contributed by atoms with Gasteiger partial charge in [-0.1, -0.05) is 29.8 Å². The Hall–Kier alpha value is -3.15. The predicted octanol–water partition coefficient (Wildman–Crippen LogP) is 2.04. The van der Waals surface area contributed by atoms with Crippen molar-refractivity contribution in [2.75, 3.05) is 18.4 Å². The first-order chi connectivity index (χ1) is 12.4. The van der Waals surface area contributed by atoms with Crippen LogP contribution in [0.1, 0.15) is 28.4 Å². The van der Waals surface area contributed by atoms with Gasteiger partial charge >= 0.3 is 0 Å². The molecule has 0 aliphatic rings. The summed E-state index contributed by atoms with van der Waals surface area (Å²) in [5.74, 6) is -0.471. The number of benzene rings is 2. The highest BCUT2D eigenvalue weighted by molar-refractivity contribution is 5.96. The summed E-state index contributed by atoms with van der Waals surface area (Å²) in [6.45, 7) is 4.15. The third kappa shape index (κ3) is 6.39. The average molecular weight is 353 g/mol. The van der Waals surface area contributed by atoms with Gasteiger partial charge in [-0.3, -0.25) is 14.4 Å². The van der Waals surface area contributed by atoms with Crippen LogP contribution in [0.2, 0.25) is 0 Å². The molecule has 0 unspecified atom stereocenters. The van der Waals surface area contributed by atoms with E-state index in [2.05, 4.69) is 16.0 Å². The normalized spacial score (nSPS) is 10.1. The molecular weight excluding hydrogens is 330 g/mol. The van der Waals surface area contributed by atoms with Crippen LogP contribution in [0.5, 0.6) is 0 Å². The third-order valence-electron chi connectivity index (χ3n) is 3.66. The van der Waals surface area contributed by atoms with E-state index in [1.807, 2.05) is 31.2 Å². The molecule has 6 nitrogen and oxygen atoms in total. The molecule has 2 rings (SSSR count). The van der Waals surface area contributed by atoms with Crippen LogP contribution in [0.15, 0.2) is 48.5 Å². The number of anilines is 1. The monoisotopic (exact) mass is 353 g/mol. The van der Waals surface area contributed by atoms with Crippen LogP contribution in [-0.4, -0.2) is 30.8 Å². The van der Waals surface area contributed by atoms with E-state index in [4.69, 9.17) is 0 Å². The van der Waals surface area contributed by atoms with Gasteiger partial charge in [-0.15, -0.1) is 0 Å². The zero-order valence-corrected chi connectivity index (χ0v) is 15.0. The van der Waals surface area contributed by atoms with E-state index in [0.717, 1.165) is 11.1 Å². The van der Waals surface area contributed by atoms with Crippen molar-refractivity contribution in [2.45, 2.75) is 20.3 Å². The number of hydrogen-bond acceptors (Lipinski definition) is 3. The van der Waals surface area contributed by atoms with Gasteiger partial charge in [0.05, 0.1) is 6.42 Å². The van der Waals surface area contributed by atoms with Crippen LogP contribution in [-0.2, 0) is 16.0 Å². The molecule has 2 aromatic carbocycles. The fourth-order valence-electron chi connectivity index (χ4n) is 2.43. The molecule has 0 heterocycles. The molecule has 0 aliphatic carbocycles. The van der Waals surface area contributed by atoms with Gasteiger partial charge in [-0.2, -0.15) is 0 Å². The lowest BCUT2D eigenvalue weighted by Gasteiger charge is -2.08. The maximum atomic E-state index is 12.1. The second-order valence-corrected chi connectivity index (χ2v) is 6.03. The number of carbonyl (C=O) groups excluding carboxylic acids is 3. The van der Waals surface area contributed by atoms with Gasteiger partial charge in [0.2, 0.25) is 11.8 Å². The van der Waals surface area contributed by atoms with E-state index in [0.29, 0.717) is 30.8 Å².